The van der Waals surface area contributed by atoms with E-state index in [0.717, 1.165) is 17.1 Å². The van der Waals surface area contributed by atoms with Gasteiger partial charge in [0.2, 0.25) is 0 Å². The molecule has 1 aliphatic rings. The Morgan fingerprint density at radius 3 is 2.93 bits per heavy atom. The molecule has 0 radical (unpaired) electrons. The largest absolute Gasteiger partial charge is 0.370 e. The molecule has 0 saturated carbocycles. The van der Waals surface area contributed by atoms with Gasteiger partial charge in [0.15, 0.2) is 0 Å². The summed E-state index contributed by atoms with van der Waals surface area (Å²) in [6, 6.07) is 8.72. The average Bonchev–Trinajstić information content (AvgIpc) is 2.26. The molecule has 14 heavy (non-hydrogen) atoms. The van der Waals surface area contributed by atoms with E-state index in [2.05, 4.69) is 42.4 Å². The van der Waals surface area contributed by atoms with E-state index in [1.807, 2.05) is 6.07 Å². The number of thiocarbonyl (C=S) groups is 1. The van der Waals surface area contributed by atoms with E-state index >= 15 is 0 Å². The van der Waals surface area contributed by atoms with Crippen molar-refractivity contribution in [2.45, 2.75) is 19.4 Å². The molecule has 0 fully saturated rings. The zero-order valence-electron chi connectivity index (χ0n) is 8.45. The van der Waals surface area contributed by atoms with Crippen molar-refractivity contribution in [2.75, 3.05) is 17.3 Å². The third-order valence-electron chi connectivity index (χ3n) is 2.70. The van der Waals surface area contributed by atoms with Gasteiger partial charge in [-0.3, -0.25) is 0 Å². The van der Waals surface area contributed by atoms with Gasteiger partial charge in [-0.2, -0.15) is 0 Å². The molecule has 1 heterocycles. The average molecular weight is 206 g/mol. The zero-order chi connectivity index (χ0) is 10.1. The topological polar surface area (TPSA) is 15.3 Å². The Balaban J connectivity index is 2.46. The smallest absolute Gasteiger partial charge is 0.0818 e. The maximum absolute atomic E-state index is 5.26. The van der Waals surface area contributed by atoms with Crippen LogP contribution in [0.2, 0.25) is 0 Å². The fraction of sp³-hybridized carbons (Fsp3) is 0.364. The standard InChI is InChI=1S/C11H14N2S/c1-8-7-11(14)12-9-5-3-4-6-10(9)13(8)2/h3-6,8H,7H2,1-2H3,(H,12,14)/t8-/m0/s1. The van der Waals surface area contributed by atoms with Crippen molar-refractivity contribution in [1.29, 1.82) is 0 Å². The minimum atomic E-state index is 0.457. The quantitative estimate of drug-likeness (QED) is 0.657. The molecule has 2 rings (SSSR count). The highest BCUT2D eigenvalue weighted by atomic mass is 32.1. The molecule has 0 bridgehead atoms. The van der Waals surface area contributed by atoms with Gasteiger partial charge in [-0.25, -0.2) is 0 Å². The van der Waals surface area contributed by atoms with Crippen molar-refractivity contribution in [1.82, 2.24) is 0 Å². The van der Waals surface area contributed by atoms with Crippen molar-refractivity contribution in [3.8, 4) is 0 Å². The minimum absolute atomic E-state index is 0.457. The lowest BCUT2D eigenvalue weighted by molar-refractivity contribution is 0.722. The van der Waals surface area contributed by atoms with Crippen LogP contribution >= 0.6 is 12.2 Å². The van der Waals surface area contributed by atoms with Gasteiger partial charge in [0.25, 0.3) is 0 Å². The van der Waals surface area contributed by atoms with E-state index in [1.54, 1.807) is 0 Å². The van der Waals surface area contributed by atoms with Gasteiger partial charge in [0.05, 0.1) is 16.4 Å². The highest BCUT2D eigenvalue weighted by Gasteiger charge is 2.19. The molecule has 0 saturated heterocycles. The van der Waals surface area contributed by atoms with Gasteiger partial charge in [-0.15, -0.1) is 0 Å². The van der Waals surface area contributed by atoms with E-state index in [0.29, 0.717) is 6.04 Å². The third kappa shape index (κ3) is 1.60. The number of fused-ring (bicyclic) bond motifs is 1. The van der Waals surface area contributed by atoms with Crippen molar-refractivity contribution in [3.05, 3.63) is 24.3 Å². The first kappa shape index (κ1) is 9.46. The number of nitrogens with one attached hydrogen (secondary N) is 1. The van der Waals surface area contributed by atoms with Crippen LogP contribution in [0.5, 0.6) is 0 Å². The summed E-state index contributed by atoms with van der Waals surface area (Å²) in [6.45, 7) is 2.19. The molecule has 1 atom stereocenters. The number of benzene rings is 1. The zero-order valence-corrected chi connectivity index (χ0v) is 9.27. The summed E-state index contributed by atoms with van der Waals surface area (Å²) in [5.74, 6) is 0. The van der Waals surface area contributed by atoms with E-state index in [-0.39, 0.29) is 0 Å². The molecule has 0 aromatic heterocycles. The summed E-state index contributed by atoms with van der Waals surface area (Å²) in [7, 11) is 2.11. The summed E-state index contributed by atoms with van der Waals surface area (Å²) in [4.78, 5) is 3.19. The Morgan fingerprint density at radius 1 is 1.43 bits per heavy atom. The summed E-state index contributed by atoms with van der Waals surface area (Å²) in [5.41, 5.74) is 2.34. The molecule has 74 valence electrons. The molecule has 1 aromatic rings. The van der Waals surface area contributed by atoms with Crippen molar-refractivity contribution < 1.29 is 0 Å². The Bertz CT molecular complexity index is 362. The Morgan fingerprint density at radius 2 is 2.14 bits per heavy atom. The second kappa shape index (κ2) is 3.58. The fourth-order valence-electron chi connectivity index (χ4n) is 1.73. The van der Waals surface area contributed by atoms with Gasteiger partial charge in [-0.05, 0) is 19.1 Å². The van der Waals surface area contributed by atoms with Crippen LogP contribution in [0.15, 0.2) is 24.3 Å². The number of rotatable bonds is 0. The minimum Gasteiger partial charge on any atom is -0.370 e. The molecular weight excluding hydrogens is 192 g/mol. The van der Waals surface area contributed by atoms with Gasteiger partial charge in [-0.1, -0.05) is 24.4 Å². The maximum atomic E-state index is 5.26. The van der Waals surface area contributed by atoms with Crippen LogP contribution in [0.3, 0.4) is 0 Å². The van der Waals surface area contributed by atoms with Gasteiger partial charge >= 0.3 is 0 Å². The normalized spacial score (nSPS) is 21.1. The van der Waals surface area contributed by atoms with E-state index < -0.39 is 0 Å². The first-order valence-corrected chi connectivity index (χ1v) is 5.21. The molecule has 0 spiro atoms. The number of anilines is 2. The van der Waals surface area contributed by atoms with Crippen LogP contribution in [0.4, 0.5) is 11.4 Å². The molecule has 1 aromatic carbocycles. The van der Waals surface area contributed by atoms with Crippen LogP contribution in [0.25, 0.3) is 0 Å². The summed E-state index contributed by atoms with van der Waals surface area (Å²) < 4.78 is 0. The highest BCUT2D eigenvalue weighted by Crippen LogP contribution is 2.29. The second-order valence-electron chi connectivity index (χ2n) is 3.73. The summed E-state index contributed by atoms with van der Waals surface area (Å²) in [6.07, 6.45) is 0.917. The van der Waals surface area contributed by atoms with Gasteiger partial charge in [0.1, 0.15) is 0 Å². The van der Waals surface area contributed by atoms with Crippen LogP contribution in [-0.2, 0) is 0 Å². The van der Waals surface area contributed by atoms with Gasteiger partial charge < -0.3 is 10.2 Å². The molecule has 2 nitrogen and oxygen atoms in total. The lowest BCUT2D eigenvalue weighted by Gasteiger charge is -2.24. The van der Waals surface area contributed by atoms with Gasteiger partial charge in [0, 0.05) is 19.5 Å². The van der Waals surface area contributed by atoms with Crippen molar-refractivity contribution in [3.63, 3.8) is 0 Å². The Hall–Kier alpha value is -1.09. The highest BCUT2D eigenvalue weighted by molar-refractivity contribution is 7.80. The fourth-order valence-corrected chi connectivity index (χ4v) is 2.08. The van der Waals surface area contributed by atoms with Crippen molar-refractivity contribution >= 4 is 28.6 Å². The Labute approximate surface area is 89.9 Å². The van der Waals surface area contributed by atoms with Crippen LogP contribution in [0, 0.1) is 0 Å². The SMILES string of the molecule is C[C@H]1CC(=S)Nc2ccccc2N1C. The van der Waals surface area contributed by atoms with Crippen molar-refractivity contribution in [2.24, 2.45) is 0 Å². The molecule has 0 aliphatic carbocycles. The first-order valence-electron chi connectivity index (χ1n) is 4.80. The van der Waals surface area contributed by atoms with Crippen LogP contribution < -0.4 is 10.2 Å². The van der Waals surface area contributed by atoms with Crippen LogP contribution in [0.1, 0.15) is 13.3 Å². The molecule has 1 N–H and O–H groups in total. The van der Waals surface area contributed by atoms with Crippen LogP contribution in [-0.4, -0.2) is 18.1 Å². The predicted molar refractivity (Wildman–Crippen MR) is 65.1 cm³/mol. The molecule has 0 unspecified atom stereocenters. The summed E-state index contributed by atoms with van der Waals surface area (Å²) >= 11 is 5.26. The number of hydrogen-bond acceptors (Lipinski definition) is 2. The molecule has 1 aliphatic heterocycles. The first-order chi connectivity index (χ1) is 6.68. The molecule has 3 heteroatoms. The molecule has 0 amide bonds. The number of para-hydroxylation sites is 2. The third-order valence-corrected chi connectivity index (χ3v) is 2.97. The summed E-state index contributed by atoms with van der Waals surface area (Å²) in [5, 5.41) is 3.27. The maximum Gasteiger partial charge on any atom is 0.0818 e. The second-order valence-corrected chi connectivity index (χ2v) is 4.22. The number of nitrogens with zero attached hydrogens (tertiary/aromatic N) is 1. The Kier molecular flexibility index (Phi) is 2.42. The molecular formula is C11H14N2S. The lowest BCUT2D eigenvalue weighted by atomic mass is 10.2. The monoisotopic (exact) mass is 206 g/mol. The van der Waals surface area contributed by atoms with E-state index in [1.165, 1.54) is 5.69 Å². The number of hydrogen-bond donors (Lipinski definition) is 1. The van der Waals surface area contributed by atoms with E-state index in [9.17, 15) is 0 Å². The predicted octanol–water partition coefficient (Wildman–Crippen LogP) is 2.65. The van der Waals surface area contributed by atoms with E-state index in [4.69, 9.17) is 12.2 Å². The lowest BCUT2D eigenvalue weighted by Crippen LogP contribution is -2.28.